The average Bonchev–Trinajstić information content (AvgIpc) is 2.73. The van der Waals surface area contributed by atoms with Gasteiger partial charge in [0, 0.05) is 21.9 Å². The number of nitrogens with one attached hydrogen (secondary N) is 1. The Bertz CT molecular complexity index is 567. The van der Waals surface area contributed by atoms with Gasteiger partial charge in [0.25, 0.3) is 0 Å². The first-order chi connectivity index (χ1) is 9.99. The van der Waals surface area contributed by atoms with Crippen LogP contribution in [0.25, 0.3) is 0 Å². The van der Waals surface area contributed by atoms with Gasteiger partial charge in [-0.05, 0) is 62.6 Å². The second kappa shape index (κ2) is 7.14. The Hall–Kier alpha value is -1.26. The zero-order valence-corrected chi connectivity index (χ0v) is 13.5. The SMILES string of the molecule is CCCNC(Cc1cc(F)cc(F)c1)c1cc(C)c(C)s1. The minimum Gasteiger partial charge on any atom is -0.309 e. The lowest BCUT2D eigenvalue weighted by atomic mass is 10.0. The van der Waals surface area contributed by atoms with Crippen molar-refractivity contribution in [1.82, 2.24) is 5.32 Å². The maximum atomic E-state index is 13.3. The van der Waals surface area contributed by atoms with Gasteiger partial charge in [0.05, 0.1) is 0 Å². The number of hydrogen-bond donors (Lipinski definition) is 1. The molecular weight excluding hydrogens is 288 g/mol. The molecule has 0 saturated carbocycles. The van der Waals surface area contributed by atoms with Gasteiger partial charge in [-0.3, -0.25) is 0 Å². The van der Waals surface area contributed by atoms with Crippen LogP contribution < -0.4 is 5.32 Å². The minimum atomic E-state index is -0.516. The van der Waals surface area contributed by atoms with Crippen molar-refractivity contribution in [3.8, 4) is 0 Å². The van der Waals surface area contributed by atoms with E-state index in [2.05, 4.69) is 32.2 Å². The lowest BCUT2D eigenvalue weighted by Crippen LogP contribution is -2.23. The van der Waals surface area contributed by atoms with E-state index in [9.17, 15) is 8.78 Å². The van der Waals surface area contributed by atoms with Crippen molar-refractivity contribution in [3.63, 3.8) is 0 Å². The molecule has 0 fully saturated rings. The highest BCUT2D eigenvalue weighted by molar-refractivity contribution is 7.12. The van der Waals surface area contributed by atoms with Crippen LogP contribution in [0.4, 0.5) is 8.78 Å². The molecule has 2 aromatic rings. The number of hydrogen-bond acceptors (Lipinski definition) is 2. The largest absolute Gasteiger partial charge is 0.309 e. The third-order valence-electron chi connectivity index (χ3n) is 3.53. The highest BCUT2D eigenvalue weighted by Gasteiger charge is 2.16. The molecule has 0 spiro atoms. The van der Waals surface area contributed by atoms with Gasteiger partial charge in [-0.15, -0.1) is 11.3 Å². The number of aryl methyl sites for hydroxylation is 2. The number of halogens is 2. The van der Waals surface area contributed by atoms with Crippen LogP contribution in [0.2, 0.25) is 0 Å². The van der Waals surface area contributed by atoms with Crippen molar-refractivity contribution in [1.29, 1.82) is 0 Å². The van der Waals surface area contributed by atoms with Crippen LogP contribution in [0.1, 0.15) is 40.3 Å². The Labute approximate surface area is 129 Å². The number of rotatable bonds is 6. The molecule has 114 valence electrons. The molecular formula is C17H21F2NS. The van der Waals surface area contributed by atoms with Gasteiger partial charge >= 0.3 is 0 Å². The fraction of sp³-hybridized carbons (Fsp3) is 0.412. The van der Waals surface area contributed by atoms with E-state index in [-0.39, 0.29) is 6.04 Å². The van der Waals surface area contributed by atoms with Gasteiger partial charge in [0.15, 0.2) is 0 Å². The summed E-state index contributed by atoms with van der Waals surface area (Å²) in [4.78, 5) is 2.52. The molecule has 0 saturated heterocycles. The van der Waals surface area contributed by atoms with Gasteiger partial charge < -0.3 is 5.32 Å². The molecule has 1 heterocycles. The lowest BCUT2D eigenvalue weighted by molar-refractivity contribution is 0.529. The summed E-state index contributed by atoms with van der Waals surface area (Å²) in [5.41, 5.74) is 1.95. The first kappa shape index (κ1) is 16.1. The van der Waals surface area contributed by atoms with E-state index in [4.69, 9.17) is 0 Å². The fourth-order valence-corrected chi connectivity index (χ4v) is 3.45. The summed E-state index contributed by atoms with van der Waals surface area (Å²) in [7, 11) is 0. The average molecular weight is 309 g/mol. The van der Waals surface area contributed by atoms with Crippen molar-refractivity contribution in [2.24, 2.45) is 0 Å². The van der Waals surface area contributed by atoms with E-state index < -0.39 is 11.6 Å². The van der Waals surface area contributed by atoms with E-state index in [1.807, 2.05) is 0 Å². The van der Waals surface area contributed by atoms with Crippen LogP contribution in [-0.2, 0) is 6.42 Å². The van der Waals surface area contributed by atoms with Gasteiger partial charge in [-0.1, -0.05) is 6.92 Å². The van der Waals surface area contributed by atoms with Gasteiger partial charge in [0.2, 0.25) is 0 Å². The Morgan fingerprint density at radius 1 is 1.10 bits per heavy atom. The van der Waals surface area contributed by atoms with E-state index in [1.54, 1.807) is 11.3 Å². The van der Waals surface area contributed by atoms with Gasteiger partial charge in [0.1, 0.15) is 11.6 Å². The van der Waals surface area contributed by atoms with Crippen molar-refractivity contribution < 1.29 is 8.78 Å². The molecule has 1 nitrogen and oxygen atoms in total. The number of benzene rings is 1. The molecule has 0 bridgehead atoms. The molecule has 1 atom stereocenters. The fourth-order valence-electron chi connectivity index (χ4n) is 2.33. The van der Waals surface area contributed by atoms with Crippen LogP contribution in [0.5, 0.6) is 0 Å². The van der Waals surface area contributed by atoms with Crippen molar-refractivity contribution >= 4 is 11.3 Å². The third kappa shape index (κ3) is 4.35. The maximum absolute atomic E-state index is 13.3. The highest BCUT2D eigenvalue weighted by Crippen LogP contribution is 2.29. The normalized spacial score (nSPS) is 12.6. The zero-order valence-electron chi connectivity index (χ0n) is 12.7. The highest BCUT2D eigenvalue weighted by atomic mass is 32.1. The Morgan fingerprint density at radius 2 is 1.76 bits per heavy atom. The molecule has 1 aromatic heterocycles. The van der Waals surface area contributed by atoms with E-state index in [0.717, 1.165) is 19.0 Å². The molecule has 1 unspecified atom stereocenters. The Morgan fingerprint density at radius 3 is 2.29 bits per heavy atom. The molecule has 0 aliphatic heterocycles. The van der Waals surface area contributed by atoms with Gasteiger partial charge in [-0.25, -0.2) is 8.78 Å². The maximum Gasteiger partial charge on any atom is 0.126 e. The Balaban J connectivity index is 2.23. The second-order valence-electron chi connectivity index (χ2n) is 5.38. The van der Waals surface area contributed by atoms with Gasteiger partial charge in [-0.2, -0.15) is 0 Å². The van der Waals surface area contributed by atoms with Crippen LogP contribution in [0.3, 0.4) is 0 Å². The predicted molar refractivity (Wildman–Crippen MR) is 84.9 cm³/mol. The standard InChI is InChI=1S/C17H21F2NS/c1-4-5-20-16(17-6-11(2)12(3)21-17)9-13-7-14(18)10-15(19)8-13/h6-8,10,16,20H,4-5,9H2,1-3H3. The van der Waals surface area contributed by atoms with E-state index in [0.29, 0.717) is 12.0 Å². The molecule has 0 aliphatic rings. The topological polar surface area (TPSA) is 12.0 Å². The molecule has 0 amide bonds. The summed E-state index contributed by atoms with van der Waals surface area (Å²) in [6, 6.07) is 6.01. The molecule has 4 heteroatoms. The molecule has 0 aliphatic carbocycles. The predicted octanol–water partition coefficient (Wildman–Crippen LogP) is 4.93. The molecule has 1 N–H and O–H groups in total. The first-order valence-corrected chi connectivity index (χ1v) is 8.06. The summed E-state index contributed by atoms with van der Waals surface area (Å²) >= 11 is 1.75. The van der Waals surface area contributed by atoms with Crippen LogP contribution in [-0.4, -0.2) is 6.54 Å². The summed E-state index contributed by atoms with van der Waals surface area (Å²) < 4.78 is 26.7. The summed E-state index contributed by atoms with van der Waals surface area (Å²) in [5.74, 6) is -1.03. The van der Waals surface area contributed by atoms with Crippen molar-refractivity contribution in [2.45, 2.75) is 39.7 Å². The zero-order chi connectivity index (χ0) is 15.4. The van der Waals surface area contributed by atoms with Crippen molar-refractivity contribution in [2.75, 3.05) is 6.54 Å². The lowest BCUT2D eigenvalue weighted by Gasteiger charge is -2.17. The monoisotopic (exact) mass is 309 g/mol. The van der Waals surface area contributed by atoms with Crippen LogP contribution >= 0.6 is 11.3 Å². The molecule has 1 aromatic carbocycles. The van der Waals surface area contributed by atoms with E-state index >= 15 is 0 Å². The van der Waals surface area contributed by atoms with Crippen molar-refractivity contribution in [3.05, 3.63) is 56.8 Å². The smallest absolute Gasteiger partial charge is 0.126 e. The Kier molecular flexibility index (Phi) is 5.48. The molecule has 21 heavy (non-hydrogen) atoms. The quantitative estimate of drug-likeness (QED) is 0.798. The minimum absolute atomic E-state index is 0.101. The van der Waals surface area contributed by atoms with Crippen LogP contribution in [0, 0.1) is 25.5 Å². The third-order valence-corrected chi connectivity index (χ3v) is 4.80. The first-order valence-electron chi connectivity index (χ1n) is 7.25. The second-order valence-corrected chi connectivity index (χ2v) is 6.66. The summed E-state index contributed by atoms with van der Waals surface area (Å²) in [6.07, 6.45) is 1.62. The molecule has 0 radical (unpaired) electrons. The summed E-state index contributed by atoms with van der Waals surface area (Å²) in [6.45, 7) is 7.19. The molecule has 2 rings (SSSR count). The van der Waals surface area contributed by atoms with E-state index in [1.165, 1.54) is 27.5 Å². The van der Waals surface area contributed by atoms with Crippen LogP contribution in [0.15, 0.2) is 24.3 Å². The number of thiophene rings is 1. The summed E-state index contributed by atoms with van der Waals surface area (Å²) in [5, 5.41) is 3.48.